The molecule has 0 saturated carbocycles. The number of aliphatic hydroxyl groups is 2. The molecule has 0 saturated heterocycles. The SMILES string of the molecule is CC(O)N(C)/C=C\O. The van der Waals surface area contributed by atoms with Gasteiger partial charge in [0.15, 0.2) is 0 Å². The van der Waals surface area contributed by atoms with Gasteiger partial charge in [-0.25, -0.2) is 0 Å². The molecule has 2 N–H and O–H groups in total. The molecule has 0 fully saturated rings. The lowest BCUT2D eigenvalue weighted by atomic mass is 10.6. The average molecular weight is 117 g/mol. The zero-order chi connectivity index (χ0) is 6.57. The molecule has 48 valence electrons. The van der Waals surface area contributed by atoms with Crippen molar-refractivity contribution >= 4 is 0 Å². The summed E-state index contributed by atoms with van der Waals surface area (Å²) in [5.74, 6) is 0. The molecule has 0 radical (unpaired) electrons. The van der Waals surface area contributed by atoms with Crippen molar-refractivity contribution in [2.24, 2.45) is 0 Å². The van der Waals surface area contributed by atoms with Crippen LogP contribution in [0.4, 0.5) is 0 Å². The van der Waals surface area contributed by atoms with E-state index >= 15 is 0 Å². The number of hydrogen-bond donors (Lipinski definition) is 2. The second-order valence-corrected chi connectivity index (χ2v) is 1.60. The Labute approximate surface area is 48.9 Å². The summed E-state index contributed by atoms with van der Waals surface area (Å²) >= 11 is 0. The maximum Gasteiger partial charge on any atom is 0.123 e. The second kappa shape index (κ2) is 3.32. The van der Waals surface area contributed by atoms with Gasteiger partial charge in [0.2, 0.25) is 0 Å². The number of hydrogen-bond acceptors (Lipinski definition) is 3. The van der Waals surface area contributed by atoms with Crippen molar-refractivity contribution in [1.29, 1.82) is 0 Å². The average Bonchev–Trinajstić information content (AvgIpc) is 1.67. The van der Waals surface area contributed by atoms with Crippen LogP contribution in [-0.2, 0) is 0 Å². The summed E-state index contributed by atoms with van der Waals surface area (Å²) < 4.78 is 0. The van der Waals surface area contributed by atoms with Crippen LogP contribution in [-0.4, -0.2) is 28.4 Å². The number of nitrogens with zero attached hydrogens (tertiary/aromatic N) is 1. The Bertz CT molecular complexity index is 80.5. The van der Waals surface area contributed by atoms with Crippen molar-refractivity contribution in [2.45, 2.75) is 13.2 Å². The van der Waals surface area contributed by atoms with Gasteiger partial charge in [-0.2, -0.15) is 0 Å². The highest BCUT2D eigenvalue weighted by Gasteiger charge is 1.95. The third-order valence-electron chi connectivity index (χ3n) is 0.891. The highest BCUT2D eigenvalue weighted by Crippen LogP contribution is 1.88. The van der Waals surface area contributed by atoms with Crippen molar-refractivity contribution in [3.05, 3.63) is 12.5 Å². The van der Waals surface area contributed by atoms with Crippen LogP contribution in [0, 0.1) is 0 Å². The third kappa shape index (κ3) is 2.47. The van der Waals surface area contributed by atoms with Crippen molar-refractivity contribution in [1.82, 2.24) is 4.90 Å². The van der Waals surface area contributed by atoms with Crippen molar-refractivity contribution < 1.29 is 10.2 Å². The van der Waals surface area contributed by atoms with Gasteiger partial charge in [-0.05, 0) is 6.92 Å². The molecule has 0 aromatic heterocycles. The smallest absolute Gasteiger partial charge is 0.123 e. The van der Waals surface area contributed by atoms with Crippen LogP contribution in [0.5, 0.6) is 0 Å². The lowest BCUT2D eigenvalue weighted by molar-refractivity contribution is 0.0712. The monoisotopic (exact) mass is 117 g/mol. The van der Waals surface area contributed by atoms with Crippen LogP contribution < -0.4 is 0 Å². The van der Waals surface area contributed by atoms with Crippen molar-refractivity contribution in [3.63, 3.8) is 0 Å². The molecule has 3 heteroatoms. The Morgan fingerprint density at radius 2 is 2.12 bits per heavy atom. The molecular formula is C5H11NO2. The van der Waals surface area contributed by atoms with Gasteiger partial charge in [0, 0.05) is 13.2 Å². The molecule has 0 amide bonds. The van der Waals surface area contributed by atoms with E-state index in [1.807, 2.05) is 0 Å². The number of aliphatic hydroxyl groups excluding tert-OH is 2. The molecule has 8 heavy (non-hydrogen) atoms. The minimum atomic E-state index is -0.543. The molecule has 0 aromatic rings. The minimum absolute atomic E-state index is 0.543. The Morgan fingerprint density at radius 3 is 2.25 bits per heavy atom. The standard InChI is InChI=1S/C5H11NO2/c1-5(8)6(2)3-4-7/h3-5,7-8H,1-2H3/b4-3-. The molecule has 0 aliphatic heterocycles. The predicted octanol–water partition coefficient (Wildman–Crippen LogP) is 0.286. The van der Waals surface area contributed by atoms with E-state index in [2.05, 4.69) is 0 Å². The minimum Gasteiger partial charge on any atom is -0.514 e. The molecule has 0 bridgehead atoms. The van der Waals surface area contributed by atoms with E-state index in [1.54, 1.807) is 14.0 Å². The first-order valence-corrected chi connectivity index (χ1v) is 2.39. The topological polar surface area (TPSA) is 43.7 Å². The molecule has 3 nitrogen and oxygen atoms in total. The van der Waals surface area contributed by atoms with E-state index in [9.17, 15) is 0 Å². The summed E-state index contributed by atoms with van der Waals surface area (Å²) in [5.41, 5.74) is 0. The normalized spacial score (nSPS) is 14.4. The fourth-order valence-electron chi connectivity index (χ4n) is 0.230. The van der Waals surface area contributed by atoms with Gasteiger partial charge in [0.05, 0.1) is 6.26 Å². The summed E-state index contributed by atoms with van der Waals surface area (Å²) in [5, 5.41) is 16.9. The van der Waals surface area contributed by atoms with Crippen molar-refractivity contribution in [3.8, 4) is 0 Å². The lowest BCUT2D eigenvalue weighted by Crippen LogP contribution is -2.22. The van der Waals surface area contributed by atoms with Gasteiger partial charge in [0.1, 0.15) is 6.23 Å². The van der Waals surface area contributed by atoms with Crippen LogP contribution in [0.25, 0.3) is 0 Å². The van der Waals surface area contributed by atoms with Gasteiger partial charge >= 0.3 is 0 Å². The predicted molar refractivity (Wildman–Crippen MR) is 31.2 cm³/mol. The molecule has 0 aliphatic rings. The molecule has 0 rings (SSSR count). The highest BCUT2D eigenvalue weighted by atomic mass is 16.3. The quantitative estimate of drug-likeness (QED) is 0.403. The molecule has 0 spiro atoms. The molecule has 1 atom stereocenters. The molecular weight excluding hydrogens is 106 g/mol. The number of rotatable bonds is 2. The van der Waals surface area contributed by atoms with Crippen LogP contribution in [0.1, 0.15) is 6.92 Å². The van der Waals surface area contributed by atoms with Crippen molar-refractivity contribution in [2.75, 3.05) is 7.05 Å². The van der Waals surface area contributed by atoms with E-state index in [0.717, 1.165) is 6.26 Å². The maximum atomic E-state index is 8.72. The third-order valence-corrected chi connectivity index (χ3v) is 0.891. The van der Waals surface area contributed by atoms with Gasteiger partial charge < -0.3 is 15.1 Å². The highest BCUT2D eigenvalue weighted by molar-refractivity contribution is 4.70. The Kier molecular flexibility index (Phi) is 3.03. The Balaban J connectivity index is 3.47. The summed E-state index contributed by atoms with van der Waals surface area (Å²) in [6.45, 7) is 1.61. The second-order valence-electron chi connectivity index (χ2n) is 1.60. The first kappa shape index (κ1) is 7.30. The van der Waals surface area contributed by atoms with Gasteiger partial charge in [0.25, 0.3) is 0 Å². The fourth-order valence-corrected chi connectivity index (χ4v) is 0.230. The van der Waals surface area contributed by atoms with E-state index in [1.165, 1.54) is 11.1 Å². The Morgan fingerprint density at radius 1 is 1.62 bits per heavy atom. The largest absolute Gasteiger partial charge is 0.514 e. The summed E-state index contributed by atoms with van der Waals surface area (Å²) in [7, 11) is 1.66. The fraction of sp³-hybridized carbons (Fsp3) is 0.600. The first-order valence-electron chi connectivity index (χ1n) is 2.39. The zero-order valence-electron chi connectivity index (χ0n) is 5.07. The van der Waals surface area contributed by atoms with E-state index < -0.39 is 6.23 Å². The van der Waals surface area contributed by atoms with Crippen LogP contribution >= 0.6 is 0 Å². The maximum absolute atomic E-state index is 8.72. The molecule has 0 heterocycles. The van der Waals surface area contributed by atoms with E-state index in [4.69, 9.17) is 10.2 Å². The first-order chi connectivity index (χ1) is 3.68. The van der Waals surface area contributed by atoms with Gasteiger partial charge in [-0.1, -0.05) is 0 Å². The summed E-state index contributed by atoms with van der Waals surface area (Å²) in [4.78, 5) is 1.47. The lowest BCUT2D eigenvalue weighted by Gasteiger charge is -2.15. The van der Waals surface area contributed by atoms with E-state index in [-0.39, 0.29) is 0 Å². The summed E-state index contributed by atoms with van der Waals surface area (Å²) in [6, 6.07) is 0. The van der Waals surface area contributed by atoms with Crippen LogP contribution in [0.3, 0.4) is 0 Å². The zero-order valence-corrected chi connectivity index (χ0v) is 5.07. The van der Waals surface area contributed by atoms with Gasteiger partial charge in [-0.15, -0.1) is 0 Å². The van der Waals surface area contributed by atoms with Gasteiger partial charge in [-0.3, -0.25) is 0 Å². The molecule has 1 unspecified atom stereocenters. The van der Waals surface area contributed by atoms with Crippen LogP contribution in [0.2, 0.25) is 0 Å². The van der Waals surface area contributed by atoms with E-state index in [0.29, 0.717) is 0 Å². The van der Waals surface area contributed by atoms with Crippen LogP contribution in [0.15, 0.2) is 12.5 Å². The molecule has 0 aliphatic carbocycles. The summed E-state index contributed by atoms with van der Waals surface area (Å²) in [6.07, 6.45) is 1.72. The molecule has 0 aromatic carbocycles. The Hall–Kier alpha value is -0.700.